The first kappa shape index (κ1) is 19.9. The van der Waals surface area contributed by atoms with Crippen molar-refractivity contribution in [3.63, 3.8) is 0 Å². The van der Waals surface area contributed by atoms with Gasteiger partial charge >= 0.3 is 0 Å². The van der Waals surface area contributed by atoms with Crippen molar-refractivity contribution in [3.8, 4) is 0 Å². The van der Waals surface area contributed by atoms with E-state index in [2.05, 4.69) is 20.4 Å². The lowest BCUT2D eigenvalue weighted by Crippen LogP contribution is -2.30. The summed E-state index contributed by atoms with van der Waals surface area (Å²) in [5, 5.41) is 11.6. The van der Waals surface area contributed by atoms with E-state index < -0.39 is 0 Å². The summed E-state index contributed by atoms with van der Waals surface area (Å²) in [4.78, 5) is 14.5. The monoisotopic (exact) mass is 402 g/mol. The average molecular weight is 403 g/mol. The van der Waals surface area contributed by atoms with Crippen LogP contribution in [-0.4, -0.2) is 34.9 Å². The first-order valence-corrected chi connectivity index (χ1v) is 9.26. The molecule has 1 N–H and O–H groups in total. The third-order valence-corrected chi connectivity index (χ3v) is 4.89. The Morgan fingerprint density at radius 2 is 2.08 bits per heavy atom. The summed E-state index contributed by atoms with van der Waals surface area (Å²) in [5.41, 5.74) is 1.66. The van der Waals surface area contributed by atoms with Crippen molar-refractivity contribution in [1.82, 2.24) is 10.2 Å². The number of aryl methyl sites for hydroxylation is 1. The molecule has 1 saturated heterocycles. The minimum Gasteiger partial charge on any atom is -0.416 e. The fourth-order valence-electron chi connectivity index (χ4n) is 2.71. The number of aromatic nitrogens is 2. The standard InChI is InChI=1S/C16H19ClN4O2S.ClH/c1-11-19-20-16(23-11)24-10-14(22)18-13-7-5-6-12(17)15(13)21-8-3-2-4-9-21;/h5-7H,2-4,8-10H2,1H3,(H,18,22);1H. The lowest BCUT2D eigenvalue weighted by molar-refractivity contribution is -0.113. The summed E-state index contributed by atoms with van der Waals surface area (Å²) < 4.78 is 5.25. The van der Waals surface area contributed by atoms with Gasteiger partial charge in [-0.05, 0) is 31.4 Å². The molecule has 1 amide bonds. The van der Waals surface area contributed by atoms with Crippen LogP contribution in [0.3, 0.4) is 0 Å². The van der Waals surface area contributed by atoms with Crippen molar-refractivity contribution in [2.75, 3.05) is 29.1 Å². The van der Waals surface area contributed by atoms with Crippen LogP contribution in [0.4, 0.5) is 11.4 Å². The van der Waals surface area contributed by atoms with Gasteiger partial charge in [-0.3, -0.25) is 4.79 Å². The van der Waals surface area contributed by atoms with Gasteiger partial charge in [-0.15, -0.1) is 22.6 Å². The molecule has 136 valence electrons. The van der Waals surface area contributed by atoms with Gasteiger partial charge in [-0.2, -0.15) is 0 Å². The molecule has 1 aliphatic heterocycles. The molecule has 1 fully saturated rings. The molecule has 0 atom stereocenters. The number of carbonyl (C=O) groups is 1. The van der Waals surface area contributed by atoms with Gasteiger partial charge in [0.15, 0.2) is 0 Å². The number of hydrogen-bond acceptors (Lipinski definition) is 6. The van der Waals surface area contributed by atoms with Crippen LogP contribution in [0.25, 0.3) is 0 Å². The summed E-state index contributed by atoms with van der Waals surface area (Å²) >= 11 is 7.61. The number of benzene rings is 1. The molecule has 1 aromatic carbocycles. The summed E-state index contributed by atoms with van der Waals surface area (Å²) in [6, 6.07) is 5.59. The first-order valence-electron chi connectivity index (χ1n) is 7.90. The molecule has 0 bridgehead atoms. The third kappa shape index (κ3) is 5.26. The Hall–Kier alpha value is -1.44. The first-order chi connectivity index (χ1) is 11.6. The molecule has 1 aliphatic rings. The van der Waals surface area contributed by atoms with Crippen LogP contribution in [0.15, 0.2) is 27.8 Å². The quantitative estimate of drug-likeness (QED) is 0.756. The number of nitrogens with one attached hydrogen (secondary N) is 1. The SMILES string of the molecule is Cc1nnc(SCC(=O)Nc2cccc(Cl)c2N2CCCCC2)o1.Cl. The number of piperidine rings is 1. The lowest BCUT2D eigenvalue weighted by Gasteiger charge is -2.31. The molecule has 0 aliphatic carbocycles. The van der Waals surface area contributed by atoms with E-state index in [0.717, 1.165) is 37.3 Å². The molecule has 25 heavy (non-hydrogen) atoms. The van der Waals surface area contributed by atoms with Crippen LogP contribution in [0, 0.1) is 6.92 Å². The third-order valence-electron chi connectivity index (χ3n) is 3.77. The molecule has 2 aromatic rings. The number of rotatable bonds is 5. The normalized spacial score (nSPS) is 14.1. The molecule has 0 unspecified atom stereocenters. The van der Waals surface area contributed by atoms with Crippen molar-refractivity contribution < 1.29 is 9.21 Å². The molecule has 6 nitrogen and oxygen atoms in total. The van der Waals surface area contributed by atoms with Gasteiger partial charge in [0.1, 0.15) is 0 Å². The largest absolute Gasteiger partial charge is 0.416 e. The van der Waals surface area contributed by atoms with E-state index in [1.807, 2.05) is 18.2 Å². The summed E-state index contributed by atoms with van der Waals surface area (Å²) in [7, 11) is 0. The predicted molar refractivity (Wildman–Crippen MR) is 103 cm³/mol. The van der Waals surface area contributed by atoms with E-state index >= 15 is 0 Å². The van der Waals surface area contributed by atoms with E-state index in [9.17, 15) is 4.79 Å². The zero-order valence-electron chi connectivity index (χ0n) is 13.8. The number of carbonyl (C=O) groups excluding carboxylic acids is 1. The Bertz CT molecular complexity index is 720. The van der Waals surface area contributed by atoms with Crippen LogP contribution in [-0.2, 0) is 4.79 Å². The van der Waals surface area contributed by atoms with Crippen LogP contribution in [0.5, 0.6) is 0 Å². The minimum absolute atomic E-state index is 0. The molecule has 0 spiro atoms. The highest BCUT2D eigenvalue weighted by molar-refractivity contribution is 7.99. The van der Waals surface area contributed by atoms with E-state index in [1.54, 1.807) is 6.92 Å². The van der Waals surface area contributed by atoms with Crippen molar-refractivity contribution in [2.45, 2.75) is 31.4 Å². The van der Waals surface area contributed by atoms with E-state index in [-0.39, 0.29) is 24.1 Å². The highest BCUT2D eigenvalue weighted by Crippen LogP contribution is 2.35. The van der Waals surface area contributed by atoms with E-state index in [0.29, 0.717) is 16.1 Å². The van der Waals surface area contributed by atoms with Gasteiger partial charge in [-0.25, -0.2) is 0 Å². The summed E-state index contributed by atoms with van der Waals surface area (Å²) in [5.74, 6) is 0.560. The van der Waals surface area contributed by atoms with Gasteiger partial charge in [0.25, 0.3) is 5.22 Å². The number of halogens is 2. The second-order valence-electron chi connectivity index (χ2n) is 5.61. The second kappa shape index (κ2) is 9.31. The van der Waals surface area contributed by atoms with Crippen LogP contribution in [0.1, 0.15) is 25.2 Å². The predicted octanol–water partition coefficient (Wildman–Crippen LogP) is 4.17. The molecule has 0 saturated carbocycles. The van der Waals surface area contributed by atoms with Crippen molar-refractivity contribution in [3.05, 3.63) is 29.1 Å². The number of para-hydroxylation sites is 1. The number of amides is 1. The highest BCUT2D eigenvalue weighted by atomic mass is 35.5. The Balaban J connectivity index is 0.00000225. The number of thioether (sulfide) groups is 1. The molecule has 2 heterocycles. The lowest BCUT2D eigenvalue weighted by atomic mass is 10.1. The molecule has 1 aromatic heterocycles. The number of nitrogens with zero attached hydrogens (tertiary/aromatic N) is 3. The molecular formula is C16H20Cl2N4O2S. The topological polar surface area (TPSA) is 71.3 Å². The van der Waals surface area contributed by atoms with Gasteiger partial charge in [0, 0.05) is 20.0 Å². The zero-order valence-corrected chi connectivity index (χ0v) is 16.2. The number of hydrogen-bond donors (Lipinski definition) is 1. The van der Waals surface area contributed by atoms with Crippen LogP contribution >= 0.6 is 35.8 Å². The minimum atomic E-state index is -0.128. The molecule has 9 heteroatoms. The Kier molecular flexibility index (Phi) is 7.40. The van der Waals surface area contributed by atoms with Gasteiger partial charge in [0.05, 0.1) is 22.2 Å². The Morgan fingerprint density at radius 3 is 2.76 bits per heavy atom. The molecular weight excluding hydrogens is 383 g/mol. The fraction of sp³-hybridized carbons (Fsp3) is 0.438. The van der Waals surface area contributed by atoms with Gasteiger partial charge < -0.3 is 14.6 Å². The zero-order chi connectivity index (χ0) is 16.9. The smallest absolute Gasteiger partial charge is 0.277 e. The second-order valence-corrected chi connectivity index (χ2v) is 6.94. The van der Waals surface area contributed by atoms with Crippen molar-refractivity contribution in [2.24, 2.45) is 0 Å². The summed E-state index contributed by atoms with van der Waals surface area (Å²) in [6.45, 7) is 3.64. The summed E-state index contributed by atoms with van der Waals surface area (Å²) in [6.07, 6.45) is 3.53. The van der Waals surface area contributed by atoms with Crippen molar-refractivity contribution >= 4 is 53.1 Å². The fourth-order valence-corrected chi connectivity index (χ4v) is 3.60. The Labute approximate surface area is 162 Å². The molecule has 0 radical (unpaired) electrons. The number of anilines is 2. The Morgan fingerprint density at radius 1 is 1.32 bits per heavy atom. The average Bonchev–Trinajstić information content (AvgIpc) is 2.99. The highest BCUT2D eigenvalue weighted by Gasteiger charge is 2.19. The van der Waals surface area contributed by atoms with Gasteiger partial charge in [0.2, 0.25) is 11.8 Å². The molecule has 3 rings (SSSR count). The van der Waals surface area contributed by atoms with Crippen LogP contribution < -0.4 is 10.2 Å². The maximum atomic E-state index is 12.3. The maximum Gasteiger partial charge on any atom is 0.277 e. The van der Waals surface area contributed by atoms with Gasteiger partial charge in [-0.1, -0.05) is 29.4 Å². The van der Waals surface area contributed by atoms with Crippen LogP contribution in [0.2, 0.25) is 5.02 Å². The van der Waals surface area contributed by atoms with E-state index in [4.69, 9.17) is 16.0 Å². The van der Waals surface area contributed by atoms with E-state index in [1.165, 1.54) is 18.2 Å². The van der Waals surface area contributed by atoms with Crippen molar-refractivity contribution in [1.29, 1.82) is 0 Å². The maximum absolute atomic E-state index is 12.3.